The number of hydrogen-bond donors (Lipinski definition) is 1. The monoisotopic (exact) mass is 355 g/mol. The van der Waals surface area contributed by atoms with Gasteiger partial charge in [-0.15, -0.1) is 0 Å². The van der Waals surface area contributed by atoms with Gasteiger partial charge in [-0.1, -0.05) is 0 Å². The van der Waals surface area contributed by atoms with Crippen molar-refractivity contribution in [2.75, 3.05) is 32.8 Å². The molecule has 1 aromatic rings. The van der Waals surface area contributed by atoms with E-state index in [0.29, 0.717) is 19.6 Å². The quantitative estimate of drug-likeness (QED) is 0.661. The van der Waals surface area contributed by atoms with Gasteiger partial charge in [0.15, 0.2) is 23.3 Å². The second-order valence-electron chi connectivity index (χ2n) is 7.06. The Balaban J connectivity index is 1.53. The van der Waals surface area contributed by atoms with E-state index in [9.17, 15) is 17.6 Å². The Morgan fingerprint density at radius 1 is 1.04 bits per heavy atom. The zero-order valence-electron chi connectivity index (χ0n) is 13.9. The first-order valence-corrected chi connectivity index (χ1v) is 8.80. The summed E-state index contributed by atoms with van der Waals surface area (Å²) < 4.78 is 55.2. The molecule has 2 fully saturated rings. The largest absolute Gasteiger partial charge is 0.370 e. The van der Waals surface area contributed by atoms with Gasteiger partial charge in [-0.2, -0.15) is 0 Å². The molecule has 0 saturated carbocycles. The van der Waals surface area contributed by atoms with E-state index < -0.39 is 34.8 Å². The van der Waals surface area contributed by atoms with Gasteiger partial charge in [0, 0.05) is 48.5 Å². The number of benzene rings is 1. The van der Waals surface area contributed by atoms with E-state index in [1.807, 2.05) is 4.90 Å². The Morgan fingerprint density at radius 2 is 1.72 bits per heavy atom. The van der Waals surface area contributed by atoms with Crippen molar-refractivity contribution in [3.8, 4) is 0 Å². The molecule has 0 spiro atoms. The molecule has 1 atom stereocenters. The van der Waals surface area contributed by atoms with Crippen LogP contribution in [0.25, 0.3) is 0 Å². The average Bonchev–Trinajstić information content (AvgIpc) is 3.29. The van der Waals surface area contributed by atoms with Crippen LogP contribution in [0.2, 0.25) is 0 Å². The normalized spacial score (nSPS) is 23.5. The minimum atomic E-state index is -1.33. The minimum absolute atomic E-state index is 0.270. The predicted octanol–water partition coefficient (Wildman–Crippen LogP) is 3.29. The lowest BCUT2D eigenvalue weighted by atomic mass is 9.95. The van der Waals surface area contributed by atoms with Crippen LogP contribution in [0.15, 0.2) is 17.5 Å². The van der Waals surface area contributed by atoms with Crippen molar-refractivity contribution in [1.29, 1.82) is 0 Å². The average molecular weight is 355 g/mol. The number of halogens is 4. The van der Waals surface area contributed by atoms with Gasteiger partial charge >= 0.3 is 0 Å². The Morgan fingerprint density at radius 3 is 2.40 bits per heavy atom. The Bertz CT molecular complexity index is 687. The van der Waals surface area contributed by atoms with Crippen LogP contribution in [0.5, 0.6) is 0 Å². The van der Waals surface area contributed by atoms with E-state index in [4.69, 9.17) is 0 Å². The molecule has 0 unspecified atom stereocenters. The lowest BCUT2D eigenvalue weighted by Crippen LogP contribution is -2.25. The minimum Gasteiger partial charge on any atom is -0.370 e. The fraction of sp³-hybridized carbons (Fsp3) is 0.556. The molecule has 1 aromatic carbocycles. The van der Waals surface area contributed by atoms with E-state index in [1.165, 1.54) is 12.8 Å². The standard InChI is InChI=1S/C18H21F4N3/c19-12-8-13(20)18(22)16(17(12)21)11-7-15-14(23-10-25(15)9-11)3-6-24-4-1-2-5-24/h8,11,23H,1-7,9-10H2/t11-/m0/s1. The third-order valence-corrected chi connectivity index (χ3v) is 5.52. The first-order chi connectivity index (χ1) is 12.0. The predicted molar refractivity (Wildman–Crippen MR) is 85.7 cm³/mol. The fourth-order valence-electron chi connectivity index (χ4n) is 4.22. The second kappa shape index (κ2) is 6.52. The van der Waals surface area contributed by atoms with Crippen molar-refractivity contribution in [3.63, 3.8) is 0 Å². The fourth-order valence-corrected chi connectivity index (χ4v) is 4.22. The SMILES string of the molecule is Fc1cc(F)c(F)c([C@H]2CC3=C(CCN4CCCC4)NCN3C2)c1F. The topological polar surface area (TPSA) is 18.5 Å². The molecule has 136 valence electrons. The molecule has 7 heteroatoms. The van der Waals surface area contributed by atoms with Gasteiger partial charge in [-0.3, -0.25) is 0 Å². The van der Waals surface area contributed by atoms with Crippen LogP contribution in [0.4, 0.5) is 17.6 Å². The highest BCUT2D eigenvalue weighted by Gasteiger charge is 2.37. The molecule has 0 aromatic heterocycles. The molecule has 2 saturated heterocycles. The maximum atomic E-state index is 14.1. The lowest BCUT2D eigenvalue weighted by molar-refractivity contribution is 0.340. The molecule has 0 aliphatic carbocycles. The van der Waals surface area contributed by atoms with Gasteiger partial charge in [0.2, 0.25) is 0 Å². The summed E-state index contributed by atoms with van der Waals surface area (Å²) in [5.41, 5.74) is 1.65. The summed E-state index contributed by atoms with van der Waals surface area (Å²) in [6.07, 6.45) is 3.73. The molecule has 25 heavy (non-hydrogen) atoms. The summed E-state index contributed by atoms with van der Waals surface area (Å²) in [5, 5.41) is 3.35. The van der Waals surface area contributed by atoms with Crippen molar-refractivity contribution in [2.45, 2.75) is 31.6 Å². The number of nitrogens with zero attached hydrogens (tertiary/aromatic N) is 2. The van der Waals surface area contributed by atoms with Gasteiger partial charge in [0.1, 0.15) is 0 Å². The van der Waals surface area contributed by atoms with Gasteiger partial charge in [0.05, 0.1) is 6.67 Å². The molecule has 1 N–H and O–H groups in total. The first-order valence-electron chi connectivity index (χ1n) is 8.80. The van der Waals surface area contributed by atoms with E-state index in [-0.39, 0.29) is 6.07 Å². The van der Waals surface area contributed by atoms with Gasteiger partial charge < -0.3 is 15.1 Å². The van der Waals surface area contributed by atoms with E-state index in [1.54, 1.807) is 0 Å². The van der Waals surface area contributed by atoms with Crippen molar-refractivity contribution in [3.05, 3.63) is 46.3 Å². The van der Waals surface area contributed by atoms with Crippen LogP contribution in [-0.2, 0) is 0 Å². The van der Waals surface area contributed by atoms with Crippen molar-refractivity contribution < 1.29 is 17.6 Å². The van der Waals surface area contributed by atoms with Crippen LogP contribution >= 0.6 is 0 Å². The number of likely N-dealkylation sites (tertiary alicyclic amines) is 1. The van der Waals surface area contributed by atoms with Gasteiger partial charge in [-0.25, -0.2) is 17.6 Å². The summed E-state index contributed by atoms with van der Waals surface area (Å²) in [4.78, 5) is 4.43. The zero-order valence-corrected chi connectivity index (χ0v) is 13.9. The van der Waals surface area contributed by atoms with Crippen molar-refractivity contribution in [2.24, 2.45) is 0 Å². The first kappa shape index (κ1) is 16.7. The molecule has 0 bridgehead atoms. The third-order valence-electron chi connectivity index (χ3n) is 5.52. The van der Waals surface area contributed by atoms with E-state index >= 15 is 0 Å². The van der Waals surface area contributed by atoms with E-state index in [0.717, 1.165) is 37.4 Å². The summed E-state index contributed by atoms with van der Waals surface area (Å²) in [6.45, 7) is 4.15. The highest BCUT2D eigenvalue weighted by Crippen LogP contribution is 2.40. The van der Waals surface area contributed by atoms with Crippen LogP contribution < -0.4 is 5.32 Å². The van der Waals surface area contributed by atoms with E-state index in [2.05, 4.69) is 10.2 Å². The zero-order chi connectivity index (χ0) is 17.6. The molecule has 0 radical (unpaired) electrons. The molecule has 3 aliphatic heterocycles. The van der Waals surface area contributed by atoms with Gasteiger partial charge in [-0.05, 0) is 32.4 Å². The number of hydrogen-bond acceptors (Lipinski definition) is 3. The molecule has 3 heterocycles. The van der Waals surface area contributed by atoms with Crippen LogP contribution in [-0.4, -0.2) is 42.6 Å². The number of fused-ring (bicyclic) bond motifs is 1. The maximum absolute atomic E-state index is 14.1. The van der Waals surface area contributed by atoms with Crippen molar-refractivity contribution in [1.82, 2.24) is 15.1 Å². The van der Waals surface area contributed by atoms with Crippen LogP contribution in [0.3, 0.4) is 0 Å². The van der Waals surface area contributed by atoms with Gasteiger partial charge in [0.25, 0.3) is 0 Å². The molecular formula is C18H21F4N3. The second-order valence-corrected chi connectivity index (χ2v) is 7.06. The number of rotatable bonds is 4. The summed E-state index contributed by atoms with van der Waals surface area (Å²) in [7, 11) is 0. The Kier molecular flexibility index (Phi) is 4.35. The van der Waals surface area contributed by atoms with Crippen molar-refractivity contribution >= 4 is 0 Å². The Hall–Kier alpha value is -1.76. The smallest absolute Gasteiger partial charge is 0.165 e. The lowest BCUT2D eigenvalue weighted by Gasteiger charge is -2.16. The number of nitrogens with one attached hydrogen (secondary N) is 1. The number of allylic oxidation sites excluding steroid dienone is 1. The highest BCUT2D eigenvalue weighted by molar-refractivity contribution is 5.33. The summed E-state index contributed by atoms with van der Waals surface area (Å²) >= 11 is 0. The summed E-state index contributed by atoms with van der Waals surface area (Å²) in [6, 6.07) is 0.270. The molecular weight excluding hydrogens is 334 g/mol. The highest BCUT2D eigenvalue weighted by atomic mass is 19.2. The molecule has 3 aliphatic rings. The van der Waals surface area contributed by atoms with Crippen LogP contribution in [0.1, 0.15) is 37.2 Å². The molecule has 0 amide bonds. The third kappa shape index (κ3) is 2.99. The Labute approximate surface area is 144 Å². The van der Waals surface area contributed by atoms with Crippen LogP contribution in [0, 0.1) is 23.3 Å². The maximum Gasteiger partial charge on any atom is 0.165 e. The molecule has 4 rings (SSSR count). The summed E-state index contributed by atoms with van der Waals surface area (Å²) in [5.74, 6) is -5.76. The molecule has 3 nitrogen and oxygen atoms in total.